The van der Waals surface area contributed by atoms with Gasteiger partial charge in [0.05, 0.1) is 12.2 Å². The highest BCUT2D eigenvalue weighted by Gasteiger charge is 2.61. The molecule has 2 saturated heterocycles. The van der Waals surface area contributed by atoms with Crippen LogP contribution in [-0.2, 0) is 9.59 Å². The van der Waals surface area contributed by atoms with E-state index in [0.29, 0.717) is 17.8 Å². The highest BCUT2D eigenvalue weighted by molar-refractivity contribution is 6.44. The number of hydrogen-bond acceptors (Lipinski definition) is 6. The Balaban J connectivity index is 1.15. The van der Waals surface area contributed by atoms with Gasteiger partial charge in [-0.05, 0) is 68.4 Å². The highest BCUT2D eigenvalue weighted by atomic mass is 16.2. The molecule has 0 N–H and O–H groups in total. The maximum absolute atomic E-state index is 13.4. The van der Waals surface area contributed by atoms with Gasteiger partial charge in [-0.25, -0.2) is 14.6 Å². The molecular formula is C23H29N5O3. The van der Waals surface area contributed by atoms with Crippen LogP contribution in [0.25, 0.3) is 0 Å². The van der Waals surface area contributed by atoms with E-state index in [1.807, 2.05) is 12.1 Å². The molecule has 2 aliphatic heterocycles. The first-order valence-electron chi connectivity index (χ1n) is 11.6. The molecule has 4 aliphatic carbocycles. The summed E-state index contributed by atoms with van der Waals surface area (Å²) in [5.74, 6) is 0.589. The minimum absolute atomic E-state index is 0.205. The first-order chi connectivity index (χ1) is 15.0. The van der Waals surface area contributed by atoms with E-state index in [-0.39, 0.29) is 12.7 Å². The van der Waals surface area contributed by atoms with Crippen LogP contribution in [0.3, 0.4) is 0 Å². The number of urea groups is 1. The summed E-state index contributed by atoms with van der Waals surface area (Å²) in [5, 5.41) is 0. The summed E-state index contributed by atoms with van der Waals surface area (Å²) >= 11 is 0. The number of hydrogen-bond donors (Lipinski definition) is 0. The van der Waals surface area contributed by atoms with Crippen LogP contribution in [0.4, 0.5) is 10.5 Å². The molecule has 164 valence electrons. The SMILES string of the molecule is O=C1C(=O)N(C23CC4CC(CC(C4)C2)C3)C(=O)N1CN1CCN(c2ccncc2)CC1. The van der Waals surface area contributed by atoms with E-state index in [1.54, 1.807) is 12.4 Å². The van der Waals surface area contributed by atoms with Crippen molar-refractivity contribution in [2.45, 2.75) is 44.1 Å². The third-order valence-corrected chi connectivity index (χ3v) is 8.28. The molecule has 7 rings (SSSR count). The van der Waals surface area contributed by atoms with Gasteiger partial charge in [-0.2, -0.15) is 0 Å². The highest BCUT2D eigenvalue weighted by Crippen LogP contribution is 2.58. The molecule has 4 bridgehead atoms. The summed E-state index contributed by atoms with van der Waals surface area (Å²) in [4.78, 5) is 50.3. The van der Waals surface area contributed by atoms with Gasteiger partial charge >= 0.3 is 17.8 Å². The standard InChI is InChI=1S/C23H29N5O3/c29-20-21(30)28(23-12-16-9-17(13-23)11-18(10-16)14-23)22(31)27(20)15-25-5-7-26(8-6-25)19-1-3-24-4-2-19/h1-4,16-18H,5-15H2. The fraction of sp³-hybridized carbons (Fsp3) is 0.652. The Morgan fingerprint density at radius 2 is 1.42 bits per heavy atom. The summed E-state index contributed by atoms with van der Waals surface area (Å²) in [7, 11) is 0. The minimum atomic E-state index is -0.641. The smallest absolute Gasteiger partial charge is 0.335 e. The number of piperazine rings is 1. The van der Waals surface area contributed by atoms with Crippen LogP contribution >= 0.6 is 0 Å². The second-order valence-corrected chi connectivity index (χ2v) is 10.3. The third kappa shape index (κ3) is 3.06. The van der Waals surface area contributed by atoms with E-state index < -0.39 is 17.4 Å². The van der Waals surface area contributed by atoms with Crippen LogP contribution in [0.2, 0.25) is 0 Å². The van der Waals surface area contributed by atoms with Gasteiger partial charge in [0.2, 0.25) is 0 Å². The van der Waals surface area contributed by atoms with Gasteiger partial charge in [0.1, 0.15) is 0 Å². The first-order valence-corrected chi connectivity index (χ1v) is 11.6. The topological polar surface area (TPSA) is 77.1 Å². The zero-order chi connectivity index (χ0) is 21.2. The van der Waals surface area contributed by atoms with Crippen LogP contribution < -0.4 is 4.90 Å². The van der Waals surface area contributed by atoms with Gasteiger partial charge in [-0.3, -0.25) is 19.5 Å². The summed E-state index contributed by atoms with van der Waals surface area (Å²) in [6.07, 6.45) is 9.94. The lowest BCUT2D eigenvalue weighted by atomic mass is 9.52. The normalized spacial score (nSPS) is 35.5. The number of nitrogens with zero attached hydrogens (tertiary/aromatic N) is 5. The number of carbonyl (C=O) groups excluding carboxylic acids is 3. The molecule has 0 aromatic carbocycles. The van der Waals surface area contributed by atoms with E-state index in [4.69, 9.17) is 0 Å². The van der Waals surface area contributed by atoms with Crippen molar-refractivity contribution in [1.82, 2.24) is 19.7 Å². The van der Waals surface area contributed by atoms with Crippen molar-refractivity contribution in [3.8, 4) is 0 Å². The molecule has 6 aliphatic rings. The summed E-state index contributed by atoms with van der Waals surface area (Å²) in [6, 6.07) is 3.60. The van der Waals surface area contributed by atoms with Crippen LogP contribution in [0, 0.1) is 17.8 Å². The van der Waals surface area contributed by atoms with Gasteiger partial charge in [0.25, 0.3) is 0 Å². The minimum Gasteiger partial charge on any atom is -0.369 e. The maximum Gasteiger partial charge on any atom is 0.335 e. The Labute approximate surface area is 182 Å². The van der Waals surface area contributed by atoms with E-state index >= 15 is 0 Å². The molecule has 4 saturated carbocycles. The van der Waals surface area contributed by atoms with Crippen molar-refractivity contribution >= 4 is 23.5 Å². The molecule has 8 heteroatoms. The number of carbonyl (C=O) groups is 3. The molecule has 0 atom stereocenters. The van der Waals surface area contributed by atoms with Crippen molar-refractivity contribution in [1.29, 1.82) is 0 Å². The molecule has 6 fully saturated rings. The Morgan fingerprint density at radius 3 is 2.00 bits per heavy atom. The fourth-order valence-corrected chi connectivity index (χ4v) is 7.29. The van der Waals surface area contributed by atoms with E-state index in [9.17, 15) is 14.4 Å². The lowest BCUT2D eigenvalue weighted by molar-refractivity contribution is -0.150. The summed E-state index contributed by atoms with van der Waals surface area (Å²) in [6.45, 7) is 3.31. The number of pyridine rings is 1. The van der Waals surface area contributed by atoms with E-state index in [1.165, 1.54) is 29.1 Å². The molecule has 8 nitrogen and oxygen atoms in total. The summed E-state index contributed by atoms with van der Waals surface area (Å²) in [5.41, 5.74) is 0.721. The molecule has 4 amide bonds. The second kappa shape index (κ2) is 7.02. The largest absolute Gasteiger partial charge is 0.369 e. The molecule has 3 heterocycles. The Kier molecular flexibility index (Phi) is 4.35. The van der Waals surface area contributed by atoms with Gasteiger partial charge < -0.3 is 4.90 Å². The lowest BCUT2D eigenvalue weighted by Gasteiger charge is -2.58. The van der Waals surface area contributed by atoms with Crippen molar-refractivity contribution in [2.75, 3.05) is 37.7 Å². The number of rotatable bonds is 4. The second-order valence-electron chi connectivity index (χ2n) is 10.3. The quantitative estimate of drug-likeness (QED) is 0.544. The lowest BCUT2D eigenvalue weighted by Crippen LogP contribution is -2.62. The van der Waals surface area contributed by atoms with Gasteiger partial charge in [0.15, 0.2) is 0 Å². The van der Waals surface area contributed by atoms with Crippen molar-refractivity contribution in [3.05, 3.63) is 24.5 Å². The van der Waals surface area contributed by atoms with Crippen LogP contribution in [-0.4, -0.2) is 75.9 Å². The first kappa shape index (κ1) is 19.2. The number of anilines is 1. The number of amides is 4. The average molecular weight is 424 g/mol. The number of aromatic nitrogens is 1. The predicted molar refractivity (Wildman–Crippen MR) is 113 cm³/mol. The molecule has 1 aromatic heterocycles. The third-order valence-electron chi connectivity index (χ3n) is 8.28. The summed E-state index contributed by atoms with van der Waals surface area (Å²) < 4.78 is 0. The Bertz CT molecular complexity index is 876. The predicted octanol–water partition coefficient (Wildman–Crippen LogP) is 1.92. The van der Waals surface area contributed by atoms with Crippen molar-refractivity contribution in [3.63, 3.8) is 0 Å². The zero-order valence-electron chi connectivity index (χ0n) is 17.8. The van der Waals surface area contributed by atoms with Gasteiger partial charge in [0, 0.05) is 44.3 Å². The zero-order valence-corrected chi connectivity index (χ0v) is 17.8. The molecule has 31 heavy (non-hydrogen) atoms. The maximum atomic E-state index is 13.4. The average Bonchev–Trinajstić information content (AvgIpc) is 2.97. The van der Waals surface area contributed by atoms with Gasteiger partial charge in [-0.1, -0.05) is 0 Å². The van der Waals surface area contributed by atoms with Crippen LogP contribution in [0.1, 0.15) is 38.5 Å². The van der Waals surface area contributed by atoms with E-state index in [0.717, 1.165) is 51.1 Å². The molecular weight excluding hydrogens is 394 g/mol. The fourth-order valence-electron chi connectivity index (χ4n) is 7.29. The van der Waals surface area contributed by atoms with Gasteiger partial charge in [-0.15, -0.1) is 0 Å². The molecule has 0 radical (unpaired) electrons. The molecule has 0 spiro atoms. The number of imide groups is 2. The van der Waals surface area contributed by atoms with Crippen molar-refractivity contribution in [2.24, 2.45) is 17.8 Å². The van der Waals surface area contributed by atoms with Crippen LogP contribution in [0.5, 0.6) is 0 Å². The molecule has 0 unspecified atom stereocenters. The Hall–Kier alpha value is -2.48. The monoisotopic (exact) mass is 423 g/mol. The Morgan fingerprint density at radius 1 is 0.839 bits per heavy atom. The molecule has 1 aromatic rings. The van der Waals surface area contributed by atoms with Crippen molar-refractivity contribution < 1.29 is 14.4 Å². The van der Waals surface area contributed by atoms with Crippen LogP contribution in [0.15, 0.2) is 24.5 Å². The van der Waals surface area contributed by atoms with E-state index in [2.05, 4.69) is 14.8 Å².